The minimum atomic E-state index is -0.976. The van der Waals surface area contributed by atoms with Crippen molar-refractivity contribution >= 4 is 5.97 Å². The molecule has 0 fully saturated rings. The molecule has 0 saturated heterocycles. The number of allylic oxidation sites excluding steroid dienone is 2. The second kappa shape index (κ2) is 5.35. The molecule has 0 atom stereocenters. The molecule has 0 saturated carbocycles. The van der Waals surface area contributed by atoms with Gasteiger partial charge in [0, 0.05) is 0 Å². The van der Waals surface area contributed by atoms with Crippen molar-refractivity contribution in [3.8, 4) is 0 Å². The Morgan fingerprint density at radius 1 is 1.44 bits per heavy atom. The molecule has 2 heteroatoms. The molecule has 1 radical (unpaired) electrons. The second-order valence-corrected chi connectivity index (χ2v) is 1.79. The van der Waals surface area contributed by atoms with Gasteiger partial charge in [0.15, 0.2) is 0 Å². The zero-order valence-electron chi connectivity index (χ0n) is 5.59. The lowest BCUT2D eigenvalue weighted by atomic mass is 10.3. The molecule has 0 rings (SSSR count). The van der Waals surface area contributed by atoms with Crippen LogP contribution in [0.5, 0.6) is 0 Å². The van der Waals surface area contributed by atoms with E-state index in [9.17, 15) is 9.90 Å². The zero-order chi connectivity index (χ0) is 7.11. The van der Waals surface area contributed by atoms with Crippen molar-refractivity contribution in [1.82, 2.24) is 0 Å². The summed E-state index contributed by atoms with van der Waals surface area (Å²) < 4.78 is 0. The van der Waals surface area contributed by atoms with Crippen LogP contribution >= 0.6 is 0 Å². The van der Waals surface area contributed by atoms with Crippen LogP contribution in [0.15, 0.2) is 12.2 Å². The van der Waals surface area contributed by atoms with Gasteiger partial charge in [-0.2, -0.15) is 0 Å². The topological polar surface area (TPSA) is 37.0 Å². The van der Waals surface area contributed by atoms with Crippen LogP contribution in [0.1, 0.15) is 26.2 Å². The first-order valence-electron chi connectivity index (χ1n) is 3.12. The van der Waals surface area contributed by atoms with Gasteiger partial charge in [0.1, 0.15) is 0 Å². The van der Waals surface area contributed by atoms with Crippen LogP contribution < -0.4 is 0 Å². The molecule has 51 valence electrons. The number of carbonyl (C=O) groups excluding carboxylic acids is 1. The van der Waals surface area contributed by atoms with Crippen molar-refractivity contribution < 1.29 is 9.90 Å². The summed E-state index contributed by atoms with van der Waals surface area (Å²) in [7, 11) is 0. The Hall–Kier alpha value is -0.790. The van der Waals surface area contributed by atoms with Gasteiger partial charge in [-0.3, -0.25) is 0 Å². The highest BCUT2D eigenvalue weighted by Crippen LogP contribution is 1.91. The number of hydrogen-bond acceptors (Lipinski definition) is 1. The van der Waals surface area contributed by atoms with Crippen molar-refractivity contribution in [2.24, 2.45) is 0 Å². The first-order chi connectivity index (χ1) is 4.27. The van der Waals surface area contributed by atoms with E-state index in [4.69, 9.17) is 0 Å². The molecule has 0 aromatic heterocycles. The van der Waals surface area contributed by atoms with Gasteiger partial charge in [-0.1, -0.05) is 19.1 Å². The van der Waals surface area contributed by atoms with E-state index in [0.29, 0.717) is 6.42 Å². The van der Waals surface area contributed by atoms with Gasteiger partial charge in [0.2, 0.25) is 0 Å². The smallest absolute Gasteiger partial charge is 0.247 e. The van der Waals surface area contributed by atoms with E-state index in [1.165, 1.54) is 0 Å². The number of hydrogen-bond donors (Lipinski definition) is 0. The maximum Gasteiger partial charge on any atom is 0.355 e. The van der Waals surface area contributed by atoms with Gasteiger partial charge < -0.3 is 0 Å². The van der Waals surface area contributed by atoms with Crippen LogP contribution in [0.3, 0.4) is 0 Å². The average Bonchev–Trinajstić information content (AvgIpc) is 1.80. The van der Waals surface area contributed by atoms with Crippen molar-refractivity contribution in [2.45, 2.75) is 26.2 Å². The van der Waals surface area contributed by atoms with Crippen LogP contribution in [0, 0.1) is 0 Å². The summed E-state index contributed by atoms with van der Waals surface area (Å²) in [4.78, 5) is 9.82. The van der Waals surface area contributed by atoms with E-state index in [1.807, 2.05) is 19.1 Å². The predicted octanol–water partition coefficient (Wildman–Crippen LogP) is 1.69. The van der Waals surface area contributed by atoms with Gasteiger partial charge in [0.25, 0.3) is 0 Å². The Bertz CT molecular complexity index is 105. The van der Waals surface area contributed by atoms with E-state index in [0.717, 1.165) is 6.42 Å². The third-order valence-corrected chi connectivity index (χ3v) is 0.917. The highest BCUT2D eigenvalue weighted by molar-refractivity contribution is 5.66. The predicted molar refractivity (Wildman–Crippen MR) is 34.4 cm³/mol. The third-order valence-electron chi connectivity index (χ3n) is 0.917. The fourth-order valence-corrected chi connectivity index (χ4v) is 0.486. The van der Waals surface area contributed by atoms with E-state index >= 15 is 0 Å². The molecule has 0 aliphatic carbocycles. The van der Waals surface area contributed by atoms with Crippen molar-refractivity contribution in [3.63, 3.8) is 0 Å². The third kappa shape index (κ3) is 7.21. The Morgan fingerprint density at radius 2 is 2.11 bits per heavy atom. The molecule has 0 spiro atoms. The second-order valence-electron chi connectivity index (χ2n) is 1.79. The Morgan fingerprint density at radius 3 is 2.56 bits per heavy atom. The Kier molecular flexibility index (Phi) is 4.88. The summed E-state index contributed by atoms with van der Waals surface area (Å²) in [6.45, 7) is 2.01. The summed E-state index contributed by atoms with van der Waals surface area (Å²) in [6.07, 6.45) is 5.50. The molecule has 0 heterocycles. The molecular formula is C7H11O2. The first kappa shape index (κ1) is 8.21. The molecule has 0 bridgehead atoms. The monoisotopic (exact) mass is 127 g/mol. The molecular weight excluding hydrogens is 116 g/mol. The summed E-state index contributed by atoms with van der Waals surface area (Å²) >= 11 is 0. The maximum absolute atomic E-state index is 9.82. The zero-order valence-corrected chi connectivity index (χ0v) is 5.59. The number of carbonyl (C=O) groups is 1. The van der Waals surface area contributed by atoms with Gasteiger partial charge >= 0.3 is 5.97 Å². The maximum atomic E-state index is 9.82. The highest BCUT2D eigenvalue weighted by Gasteiger charge is 1.93. The molecule has 0 aliphatic heterocycles. The molecule has 2 nitrogen and oxygen atoms in total. The van der Waals surface area contributed by atoms with Crippen LogP contribution in [-0.4, -0.2) is 5.97 Å². The van der Waals surface area contributed by atoms with Crippen molar-refractivity contribution in [3.05, 3.63) is 12.2 Å². The van der Waals surface area contributed by atoms with Crippen LogP contribution in [0.25, 0.3) is 0 Å². The summed E-state index contributed by atoms with van der Waals surface area (Å²) in [5, 5.41) is 9.82. The molecule has 0 unspecified atom stereocenters. The standard InChI is InChI=1S/C7H11O2/c1-2-3-4-5-6-7(8)9/h3-4H,2,5-6H2,1H3/b4-3+. The lowest BCUT2D eigenvalue weighted by molar-refractivity contribution is -0.142. The van der Waals surface area contributed by atoms with E-state index in [2.05, 4.69) is 0 Å². The average molecular weight is 127 g/mol. The van der Waals surface area contributed by atoms with Crippen LogP contribution in [-0.2, 0) is 9.90 Å². The van der Waals surface area contributed by atoms with E-state index in [1.54, 1.807) is 0 Å². The summed E-state index contributed by atoms with van der Waals surface area (Å²) in [6, 6.07) is 0. The normalized spacial score (nSPS) is 10.3. The molecule has 0 aliphatic rings. The van der Waals surface area contributed by atoms with Crippen LogP contribution in [0.4, 0.5) is 0 Å². The van der Waals surface area contributed by atoms with Crippen molar-refractivity contribution in [1.29, 1.82) is 0 Å². The SMILES string of the molecule is CC/C=C/CCC([O])=O. The molecule has 0 aromatic rings. The largest absolute Gasteiger partial charge is 0.355 e. The molecule has 0 amide bonds. The fourth-order valence-electron chi connectivity index (χ4n) is 0.486. The molecule has 9 heavy (non-hydrogen) atoms. The van der Waals surface area contributed by atoms with E-state index < -0.39 is 5.97 Å². The van der Waals surface area contributed by atoms with Crippen LogP contribution in [0.2, 0.25) is 0 Å². The fraction of sp³-hybridized carbons (Fsp3) is 0.571. The molecule has 0 aromatic carbocycles. The Labute approximate surface area is 55.2 Å². The lowest BCUT2D eigenvalue weighted by Crippen LogP contribution is -1.88. The first-order valence-corrected chi connectivity index (χ1v) is 3.12. The minimum absolute atomic E-state index is 0.135. The summed E-state index contributed by atoms with van der Waals surface area (Å²) in [5.74, 6) is -0.976. The lowest BCUT2D eigenvalue weighted by Gasteiger charge is -1.82. The quantitative estimate of drug-likeness (QED) is 0.529. The van der Waals surface area contributed by atoms with Gasteiger partial charge in [-0.05, 0) is 12.8 Å². The van der Waals surface area contributed by atoms with Gasteiger partial charge in [-0.25, -0.2) is 9.90 Å². The molecule has 0 N–H and O–H groups in total. The highest BCUT2D eigenvalue weighted by atomic mass is 16.4. The van der Waals surface area contributed by atoms with Gasteiger partial charge in [-0.15, -0.1) is 0 Å². The number of rotatable bonds is 4. The summed E-state index contributed by atoms with van der Waals surface area (Å²) in [5.41, 5.74) is 0. The Balaban J connectivity index is 3.09. The minimum Gasteiger partial charge on any atom is -0.247 e. The van der Waals surface area contributed by atoms with Gasteiger partial charge in [0.05, 0.1) is 6.42 Å². The van der Waals surface area contributed by atoms with E-state index in [-0.39, 0.29) is 6.42 Å². The van der Waals surface area contributed by atoms with Crippen molar-refractivity contribution in [2.75, 3.05) is 0 Å².